The van der Waals surface area contributed by atoms with E-state index in [1.54, 1.807) is 10.9 Å². The molecule has 0 radical (unpaired) electrons. The third-order valence-electron chi connectivity index (χ3n) is 6.50. The van der Waals surface area contributed by atoms with Crippen LogP contribution in [0.2, 0.25) is 0 Å². The Morgan fingerprint density at radius 1 is 1.19 bits per heavy atom. The van der Waals surface area contributed by atoms with Crippen LogP contribution < -0.4 is 10.1 Å². The van der Waals surface area contributed by atoms with Gasteiger partial charge < -0.3 is 19.9 Å². The van der Waals surface area contributed by atoms with Crippen LogP contribution in [0.15, 0.2) is 42.6 Å². The zero-order valence-electron chi connectivity index (χ0n) is 20.9. The zero-order valence-corrected chi connectivity index (χ0v) is 20.9. The lowest BCUT2D eigenvalue weighted by Gasteiger charge is -2.27. The van der Waals surface area contributed by atoms with Gasteiger partial charge in [-0.1, -0.05) is 29.8 Å². The number of alkyl carbamates (subject to hydrolysis) is 1. The molecule has 0 aliphatic heterocycles. The van der Waals surface area contributed by atoms with E-state index in [4.69, 9.17) is 14.5 Å². The van der Waals surface area contributed by atoms with Gasteiger partial charge in [0.2, 0.25) is 0 Å². The molecule has 0 saturated heterocycles. The number of aliphatic carboxylic acids is 1. The average Bonchev–Trinajstić information content (AvgIpc) is 3.23. The highest BCUT2D eigenvalue weighted by atomic mass is 16.5. The van der Waals surface area contributed by atoms with Crippen LogP contribution in [-0.2, 0) is 29.7 Å². The number of amides is 1. The summed E-state index contributed by atoms with van der Waals surface area (Å²) in [7, 11) is 1.81. The van der Waals surface area contributed by atoms with Gasteiger partial charge in [0.1, 0.15) is 12.4 Å². The molecule has 1 aromatic carbocycles. The third-order valence-corrected chi connectivity index (χ3v) is 6.50. The van der Waals surface area contributed by atoms with Gasteiger partial charge >= 0.3 is 12.1 Å². The van der Waals surface area contributed by atoms with Crippen LogP contribution in [0.4, 0.5) is 4.79 Å². The van der Waals surface area contributed by atoms with E-state index in [9.17, 15) is 14.7 Å². The van der Waals surface area contributed by atoms with Crippen molar-refractivity contribution in [1.82, 2.24) is 20.1 Å². The first kappa shape index (κ1) is 25.2. The summed E-state index contributed by atoms with van der Waals surface area (Å²) < 4.78 is 13.2. The summed E-state index contributed by atoms with van der Waals surface area (Å²) in [5.74, 6) is -0.464. The molecule has 1 saturated carbocycles. The number of aromatic nitrogens is 3. The molecule has 2 N–H and O–H groups in total. The van der Waals surface area contributed by atoms with E-state index in [0.717, 1.165) is 35.2 Å². The molecule has 2 heterocycles. The van der Waals surface area contributed by atoms with E-state index in [-0.39, 0.29) is 25.2 Å². The molecular formula is C27H32N4O5. The highest BCUT2D eigenvalue weighted by molar-refractivity contribution is 5.70. The van der Waals surface area contributed by atoms with Crippen molar-refractivity contribution in [1.29, 1.82) is 0 Å². The number of rotatable bonds is 8. The van der Waals surface area contributed by atoms with Gasteiger partial charge in [-0.2, -0.15) is 5.10 Å². The number of carbonyl (C=O) groups is 2. The maximum absolute atomic E-state index is 12.3. The summed E-state index contributed by atoms with van der Waals surface area (Å²) in [5.41, 5.74) is 5.06. The molecule has 190 valence electrons. The predicted molar refractivity (Wildman–Crippen MR) is 133 cm³/mol. The van der Waals surface area contributed by atoms with Crippen molar-refractivity contribution in [3.05, 3.63) is 65.1 Å². The average molecular weight is 493 g/mol. The molecule has 9 nitrogen and oxygen atoms in total. The second kappa shape index (κ2) is 11.2. The highest BCUT2D eigenvalue weighted by Crippen LogP contribution is 2.31. The summed E-state index contributed by atoms with van der Waals surface area (Å²) in [5, 5.41) is 16.5. The van der Waals surface area contributed by atoms with Crippen LogP contribution >= 0.6 is 0 Å². The molecule has 4 rings (SSSR count). The first-order valence-corrected chi connectivity index (χ1v) is 12.1. The molecule has 1 fully saturated rings. The van der Waals surface area contributed by atoms with Crippen molar-refractivity contribution < 1.29 is 24.2 Å². The fourth-order valence-corrected chi connectivity index (χ4v) is 4.52. The molecule has 9 heteroatoms. The van der Waals surface area contributed by atoms with Crippen LogP contribution in [-0.4, -0.2) is 38.0 Å². The Labute approximate surface area is 210 Å². The Bertz CT molecular complexity index is 1240. The van der Waals surface area contributed by atoms with Gasteiger partial charge in [0.25, 0.3) is 0 Å². The lowest BCUT2D eigenvalue weighted by molar-refractivity contribution is -0.143. The Morgan fingerprint density at radius 2 is 2.03 bits per heavy atom. The number of benzene rings is 1. The minimum absolute atomic E-state index is 0.129. The van der Waals surface area contributed by atoms with Gasteiger partial charge in [0.05, 0.1) is 41.8 Å². The van der Waals surface area contributed by atoms with Gasteiger partial charge in [-0.05, 0) is 57.2 Å². The van der Waals surface area contributed by atoms with Gasteiger partial charge in [-0.3, -0.25) is 9.48 Å². The number of pyridine rings is 1. The van der Waals surface area contributed by atoms with E-state index >= 15 is 0 Å². The van der Waals surface area contributed by atoms with E-state index in [0.29, 0.717) is 30.0 Å². The largest absolute Gasteiger partial charge is 0.489 e. The highest BCUT2D eigenvalue weighted by Gasteiger charge is 2.28. The SMILES string of the molecule is Cc1cccc(COC(=O)NCc2c(-c3ccc(O[C@H]4CCCC(C(=O)O)C4)c(C)n3)cnn2C)c1. The van der Waals surface area contributed by atoms with E-state index in [1.807, 2.05) is 57.3 Å². The topological polar surface area (TPSA) is 116 Å². The molecule has 1 aliphatic carbocycles. The zero-order chi connectivity index (χ0) is 25.7. The Kier molecular flexibility index (Phi) is 7.87. The van der Waals surface area contributed by atoms with Crippen LogP contribution in [0.3, 0.4) is 0 Å². The molecule has 1 unspecified atom stereocenters. The number of carbonyl (C=O) groups excluding carboxylic acids is 1. The number of aryl methyl sites for hydroxylation is 3. The number of nitrogens with zero attached hydrogens (tertiary/aromatic N) is 3. The molecule has 3 aromatic rings. The van der Waals surface area contributed by atoms with Crippen molar-refractivity contribution in [3.8, 4) is 17.0 Å². The maximum Gasteiger partial charge on any atom is 0.407 e. The molecule has 1 aliphatic rings. The Hall–Kier alpha value is -3.88. The van der Waals surface area contributed by atoms with Crippen LogP contribution in [0.1, 0.15) is 48.2 Å². The van der Waals surface area contributed by atoms with Gasteiger partial charge in [0, 0.05) is 12.6 Å². The molecule has 1 amide bonds. The minimum atomic E-state index is -0.759. The predicted octanol–water partition coefficient (Wildman–Crippen LogP) is 4.55. The van der Waals surface area contributed by atoms with Crippen molar-refractivity contribution in [2.75, 3.05) is 0 Å². The molecule has 0 spiro atoms. The first-order chi connectivity index (χ1) is 17.3. The lowest BCUT2D eigenvalue weighted by atomic mass is 9.87. The number of nitrogens with one attached hydrogen (secondary N) is 1. The monoisotopic (exact) mass is 492 g/mol. The molecular weight excluding hydrogens is 460 g/mol. The summed E-state index contributed by atoms with van der Waals surface area (Å²) in [4.78, 5) is 28.3. The number of hydrogen-bond donors (Lipinski definition) is 2. The van der Waals surface area contributed by atoms with Gasteiger partial charge in [-0.25, -0.2) is 9.78 Å². The smallest absolute Gasteiger partial charge is 0.407 e. The van der Waals surface area contributed by atoms with Crippen molar-refractivity contribution in [2.45, 2.75) is 58.8 Å². The molecule has 2 atom stereocenters. The first-order valence-electron chi connectivity index (χ1n) is 12.1. The second-order valence-corrected chi connectivity index (χ2v) is 9.27. The van der Waals surface area contributed by atoms with Crippen LogP contribution in [0.25, 0.3) is 11.3 Å². The Morgan fingerprint density at radius 3 is 2.78 bits per heavy atom. The fraction of sp³-hybridized carbons (Fsp3) is 0.407. The number of carboxylic acids is 1. The summed E-state index contributed by atoms with van der Waals surface area (Å²) in [6.45, 7) is 4.29. The molecule has 0 bridgehead atoms. The fourth-order valence-electron chi connectivity index (χ4n) is 4.52. The van der Waals surface area contributed by atoms with Crippen molar-refractivity contribution in [2.24, 2.45) is 13.0 Å². The third kappa shape index (κ3) is 6.21. The van der Waals surface area contributed by atoms with Gasteiger partial charge in [-0.15, -0.1) is 0 Å². The van der Waals surface area contributed by atoms with Crippen LogP contribution in [0, 0.1) is 19.8 Å². The number of ether oxygens (including phenoxy) is 2. The standard InChI is InChI=1S/C27H32N4O5/c1-17-6-4-7-19(12-17)16-35-27(34)28-15-24-22(14-29-31(24)3)23-10-11-25(18(2)30-23)36-21-9-5-8-20(13-21)26(32)33/h4,6-7,10-12,14,20-21H,5,8-9,13,15-16H2,1-3H3,(H,28,34)(H,32,33)/t20?,21-/m0/s1. The maximum atomic E-state index is 12.3. The summed E-state index contributed by atoms with van der Waals surface area (Å²) in [6, 6.07) is 11.5. The van der Waals surface area contributed by atoms with E-state index in [2.05, 4.69) is 10.4 Å². The van der Waals surface area contributed by atoms with Gasteiger partial charge in [0.15, 0.2) is 0 Å². The van der Waals surface area contributed by atoms with Crippen LogP contribution in [0.5, 0.6) is 5.75 Å². The summed E-state index contributed by atoms with van der Waals surface area (Å²) in [6.07, 6.45) is 3.96. The molecule has 2 aromatic heterocycles. The summed E-state index contributed by atoms with van der Waals surface area (Å²) >= 11 is 0. The Balaban J connectivity index is 1.38. The molecule has 36 heavy (non-hydrogen) atoms. The number of hydrogen-bond acceptors (Lipinski definition) is 6. The van der Waals surface area contributed by atoms with E-state index in [1.165, 1.54) is 0 Å². The number of carboxylic acid groups (broad SMARTS) is 1. The normalized spacial score (nSPS) is 17.4. The minimum Gasteiger partial charge on any atom is -0.489 e. The van der Waals surface area contributed by atoms with Crippen molar-refractivity contribution >= 4 is 12.1 Å². The second-order valence-electron chi connectivity index (χ2n) is 9.27. The lowest BCUT2D eigenvalue weighted by Crippen LogP contribution is -2.29. The quantitative estimate of drug-likeness (QED) is 0.474. The van der Waals surface area contributed by atoms with E-state index < -0.39 is 12.1 Å². The van der Waals surface area contributed by atoms with Crippen molar-refractivity contribution in [3.63, 3.8) is 0 Å².